The first-order valence-electron chi connectivity index (χ1n) is 4.62. The zero-order valence-corrected chi connectivity index (χ0v) is 9.41. The van der Waals surface area contributed by atoms with Gasteiger partial charge in [0.15, 0.2) is 0 Å². The van der Waals surface area contributed by atoms with Gasteiger partial charge in [-0.1, -0.05) is 18.2 Å². The topological polar surface area (TPSA) is 39.2 Å². The molecule has 2 N–H and O–H groups in total. The van der Waals surface area contributed by atoms with E-state index in [1.54, 1.807) is 0 Å². The van der Waals surface area contributed by atoms with Crippen molar-refractivity contribution in [3.63, 3.8) is 0 Å². The first-order valence-corrected chi connectivity index (χ1v) is 5.42. The minimum Gasteiger partial charge on any atom is -0.456 e. The fraction of sp³-hybridized carbons (Fsp3) is 0. The van der Waals surface area contributed by atoms with E-state index in [0.717, 1.165) is 32.1 Å². The Kier molecular flexibility index (Phi) is 1.76. The summed E-state index contributed by atoms with van der Waals surface area (Å²) in [7, 11) is 0. The van der Waals surface area contributed by atoms with Crippen LogP contribution in [0, 0.1) is 0 Å². The molecule has 1 aromatic heterocycles. The Morgan fingerprint density at radius 2 is 1.80 bits per heavy atom. The highest BCUT2D eigenvalue weighted by molar-refractivity contribution is 9.10. The molecule has 3 heteroatoms. The van der Waals surface area contributed by atoms with Crippen molar-refractivity contribution < 1.29 is 4.42 Å². The fourth-order valence-electron chi connectivity index (χ4n) is 1.79. The molecule has 0 radical (unpaired) electrons. The summed E-state index contributed by atoms with van der Waals surface area (Å²) < 4.78 is 6.61. The Morgan fingerprint density at radius 3 is 2.67 bits per heavy atom. The second kappa shape index (κ2) is 3.00. The molecule has 0 saturated carbocycles. The van der Waals surface area contributed by atoms with Crippen LogP contribution in [0.5, 0.6) is 0 Å². The molecular formula is C12H8BrNO. The molecule has 74 valence electrons. The van der Waals surface area contributed by atoms with Gasteiger partial charge < -0.3 is 10.2 Å². The van der Waals surface area contributed by atoms with Gasteiger partial charge >= 0.3 is 0 Å². The van der Waals surface area contributed by atoms with Crippen LogP contribution in [-0.4, -0.2) is 0 Å². The molecule has 2 aromatic carbocycles. The molecule has 3 rings (SSSR count). The highest BCUT2D eigenvalue weighted by Crippen LogP contribution is 2.36. The van der Waals surface area contributed by atoms with E-state index in [4.69, 9.17) is 10.2 Å². The first kappa shape index (κ1) is 8.80. The molecule has 0 aliphatic carbocycles. The molecule has 2 nitrogen and oxygen atoms in total. The average molecular weight is 262 g/mol. The maximum Gasteiger partial charge on any atom is 0.136 e. The van der Waals surface area contributed by atoms with Crippen LogP contribution in [0.2, 0.25) is 0 Å². The summed E-state index contributed by atoms with van der Waals surface area (Å²) in [5, 5.41) is 2.14. The molecule has 0 bridgehead atoms. The van der Waals surface area contributed by atoms with E-state index >= 15 is 0 Å². The Bertz CT molecular complexity index is 657. The normalized spacial score (nSPS) is 11.3. The summed E-state index contributed by atoms with van der Waals surface area (Å²) in [4.78, 5) is 0. The lowest BCUT2D eigenvalue weighted by atomic mass is 10.1. The van der Waals surface area contributed by atoms with Crippen LogP contribution >= 0.6 is 15.9 Å². The number of nitrogens with two attached hydrogens (primary N) is 1. The largest absolute Gasteiger partial charge is 0.456 e. The molecule has 0 unspecified atom stereocenters. The van der Waals surface area contributed by atoms with Gasteiger partial charge in [0.25, 0.3) is 0 Å². The molecule has 0 atom stereocenters. The molecule has 0 saturated heterocycles. The standard InChI is InChI=1S/C12H8BrNO/c13-12-8(14)5-6-10-11(12)7-3-1-2-4-9(7)15-10/h1-6H,14H2. The Labute approximate surface area is 94.8 Å². The van der Waals surface area contributed by atoms with E-state index in [0.29, 0.717) is 0 Å². The van der Waals surface area contributed by atoms with Crippen LogP contribution in [0.25, 0.3) is 21.9 Å². The number of hydrogen-bond acceptors (Lipinski definition) is 2. The summed E-state index contributed by atoms with van der Waals surface area (Å²) in [6.45, 7) is 0. The molecular weight excluding hydrogens is 254 g/mol. The van der Waals surface area contributed by atoms with Crippen molar-refractivity contribution in [3.05, 3.63) is 40.9 Å². The van der Waals surface area contributed by atoms with Crippen LogP contribution < -0.4 is 5.73 Å². The number of anilines is 1. The third-order valence-electron chi connectivity index (χ3n) is 2.51. The van der Waals surface area contributed by atoms with Gasteiger partial charge in [0.2, 0.25) is 0 Å². The zero-order chi connectivity index (χ0) is 10.4. The summed E-state index contributed by atoms with van der Waals surface area (Å²) >= 11 is 3.50. The van der Waals surface area contributed by atoms with E-state index in [-0.39, 0.29) is 0 Å². The number of nitrogen functional groups attached to an aromatic ring is 1. The summed E-state index contributed by atoms with van der Waals surface area (Å²) in [6.07, 6.45) is 0. The second-order valence-electron chi connectivity index (χ2n) is 3.44. The van der Waals surface area contributed by atoms with Crippen molar-refractivity contribution >= 4 is 43.6 Å². The van der Waals surface area contributed by atoms with Crippen molar-refractivity contribution in [2.45, 2.75) is 0 Å². The van der Waals surface area contributed by atoms with Gasteiger partial charge in [0.1, 0.15) is 11.2 Å². The van der Waals surface area contributed by atoms with Crippen molar-refractivity contribution in [1.29, 1.82) is 0 Å². The van der Waals surface area contributed by atoms with E-state index in [2.05, 4.69) is 15.9 Å². The Morgan fingerprint density at radius 1 is 1.00 bits per heavy atom. The molecule has 0 spiro atoms. The smallest absolute Gasteiger partial charge is 0.136 e. The van der Waals surface area contributed by atoms with Gasteiger partial charge in [-0.3, -0.25) is 0 Å². The predicted molar refractivity (Wildman–Crippen MR) is 65.8 cm³/mol. The maximum absolute atomic E-state index is 5.85. The first-order chi connectivity index (χ1) is 7.27. The molecule has 0 amide bonds. The second-order valence-corrected chi connectivity index (χ2v) is 4.23. The van der Waals surface area contributed by atoms with Crippen LogP contribution in [0.3, 0.4) is 0 Å². The third kappa shape index (κ3) is 1.16. The van der Waals surface area contributed by atoms with Gasteiger partial charge in [0, 0.05) is 16.5 Å². The maximum atomic E-state index is 5.85. The minimum absolute atomic E-state index is 0.731. The van der Waals surface area contributed by atoms with Gasteiger partial charge in [-0.25, -0.2) is 0 Å². The van der Waals surface area contributed by atoms with Crippen LogP contribution in [0.4, 0.5) is 5.69 Å². The number of halogens is 1. The number of para-hydroxylation sites is 1. The fourth-order valence-corrected chi connectivity index (χ4v) is 2.33. The van der Waals surface area contributed by atoms with Crippen LogP contribution in [-0.2, 0) is 0 Å². The van der Waals surface area contributed by atoms with Crippen molar-refractivity contribution in [2.75, 3.05) is 5.73 Å². The molecule has 1 heterocycles. The van der Waals surface area contributed by atoms with Crippen LogP contribution in [0.1, 0.15) is 0 Å². The lowest BCUT2D eigenvalue weighted by molar-refractivity contribution is 0.669. The third-order valence-corrected chi connectivity index (χ3v) is 3.36. The summed E-state index contributed by atoms with van der Waals surface area (Å²) in [5.41, 5.74) is 8.32. The predicted octanol–water partition coefficient (Wildman–Crippen LogP) is 3.93. The SMILES string of the molecule is Nc1ccc2oc3ccccc3c2c1Br. The zero-order valence-electron chi connectivity index (χ0n) is 7.83. The molecule has 0 aliphatic heterocycles. The summed E-state index contributed by atoms with van der Waals surface area (Å²) in [5.74, 6) is 0. The highest BCUT2D eigenvalue weighted by atomic mass is 79.9. The van der Waals surface area contributed by atoms with Gasteiger partial charge in [0.05, 0.1) is 4.47 Å². The van der Waals surface area contributed by atoms with Crippen molar-refractivity contribution in [1.82, 2.24) is 0 Å². The van der Waals surface area contributed by atoms with E-state index in [9.17, 15) is 0 Å². The number of furan rings is 1. The average Bonchev–Trinajstić information content (AvgIpc) is 2.62. The number of fused-ring (bicyclic) bond motifs is 3. The highest BCUT2D eigenvalue weighted by Gasteiger charge is 2.10. The monoisotopic (exact) mass is 261 g/mol. The Hall–Kier alpha value is -1.48. The van der Waals surface area contributed by atoms with E-state index in [1.807, 2.05) is 36.4 Å². The van der Waals surface area contributed by atoms with Crippen molar-refractivity contribution in [3.8, 4) is 0 Å². The number of benzene rings is 2. The van der Waals surface area contributed by atoms with E-state index in [1.165, 1.54) is 0 Å². The summed E-state index contributed by atoms with van der Waals surface area (Å²) in [6, 6.07) is 11.7. The van der Waals surface area contributed by atoms with E-state index < -0.39 is 0 Å². The van der Waals surface area contributed by atoms with Crippen LogP contribution in [0.15, 0.2) is 45.3 Å². The molecule has 0 aliphatic rings. The van der Waals surface area contributed by atoms with Gasteiger partial charge in [-0.15, -0.1) is 0 Å². The quantitative estimate of drug-likeness (QED) is 0.623. The van der Waals surface area contributed by atoms with Gasteiger partial charge in [-0.05, 0) is 34.1 Å². The molecule has 0 fully saturated rings. The number of hydrogen-bond donors (Lipinski definition) is 1. The Balaban J connectivity index is 2.63. The molecule has 15 heavy (non-hydrogen) atoms. The van der Waals surface area contributed by atoms with Gasteiger partial charge in [-0.2, -0.15) is 0 Å². The lowest BCUT2D eigenvalue weighted by Crippen LogP contribution is -1.85. The molecule has 3 aromatic rings. The lowest BCUT2D eigenvalue weighted by Gasteiger charge is -1.98. The van der Waals surface area contributed by atoms with Crippen molar-refractivity contribution in [2.24, 2.45) is 0 Å². The number of rotatable bonds is 0. The minimum atomic E-state index is 0.731.